The molecule has 3 aromatic rings. The van der Waals surface area contributed by atoms with Crippen molar-refractivity contribution in [2.24, 2.45) is 0 Å². The predicted octanol–water partition coefficient (Wildman–Crippen LogP) is 2.75. The van der Waals surface area contributed by atoms with Crippen molar-refractivity contribution >= 4 is 17.0 Å². The van der Waals surface area contributed by atoms with E-state index in [0.717, 1.165) is 17.9 Å². The number of anilines is 1. The number of aromatic nitrogens is 3. The van der Waals surface area contributed by atoms with E-state index >= 15 is 0 Å². The number of para-hydroxylation sites is 1. The Morgan fingerprint density at radius 1 is 1.32 bits per heavy atom. The largest absolute Gasteiger partial charge is 0.384 e. The number of nitrogens with one attached hydrogen (secondary N) is 1. The quantitative estimate of drug-likeness (QED) is 0.775. The zero-order chi connectivity index (χ0) is 12.7. The minimum atomic E-state index is 0.121. The van der Waals surface area contributed by atoms with Crippen molar-refractivity contribution in [3.05, 3.63) is 46.6 Å². The average molecular weight is 270 g/mol. The summed E-state index contributed by atoms with van der Waals surface area (Å²) in [6, 6.07) is 8.19. The van der Waals surface area contributed by atoms with Crippen LogP contribution in [-0.2, 0) is 0 Å². The van der Waals surface area contributed by atoms with Gasteiger partial charge in [0, 0.05) is 17.6 Å². The van der Waals surface area contributed by atoms with Gasteiger partial charge >= 0.3 is 0 Å². The molecule has 1 aliphatic heterocycles. The zero-order valence-corrected chi connectivity index (χ0v) is 10.7. The Morgan fingerprint density at radius 3 is 3.16 bits per heavy atom. The third-order valence-electron chi connectivity index (χ3n) is 3.23. The number of nitrogens with zero attached hydrogens (tertiary/aromatic N) is 3. The van der Waals surface area contributed by atoms with Crippen LogP contribution in [0.2, 0.25) is 0 Å². The van der Waals surface area contributed by atoms with Crippen LogP contribution >= 0.6 is 11.3 Å². The van der Waals surface area contributed by atoms with Gasteiger partial charge in [0.2, 0.25) is 11.7 Å². The Balaban J connectivity index is 1.71. The molecule has 19 heavy (non-hydrogen) atoms. The van der Waals surface area contributed by atoms with Crippen molar-refractivity contribution in [2.45, 2.75) is 5.92 Å². The number of benzene rings is 1. The molecule has 0 bridgehead atoms. The molecule has 4 rings (SSSR count). The van der Waals surface area contributed by atoms with Crippen molar-refractivity contribution in [1.29, 1.82) is 0 Å². The summed E-state index contributed by atoms with van der Waals surface area (Å²) < 4.78 is 5.39. The van der Waals surface area contributed by atoms with Crippen LogP contribution in [0.4, 0.5) is 5.69 Å². The summed E-state index contributed by atoms with van der Waals surface area (Å²) in [4.78, 5) is 8.65. The van der Waals surface area contributed by atoms with E-state index in [-0.39, 0.29) is 5.92 Å². The van der Waals surface area contributed by atoms with Gasteiger partial charge in [-0.05, 0) is 11.6 Å². The lowest BCUT2D eigenvalue weighted by atomic mass is 10.0. The summed E-state index contributed by atoms with van der Waals surface area (Å²) in [6.07, 6.45) is 0. The van der Waals surface area contributed by atoms with Crippen LogP contribution in [0.5, 0.6) is 0 Å². The van der Waals surface area contributed by atoms with E-state index < -0.39 is 0 Å². The van der Waals surface area contributed by atoms with Crippen LogP contribution in [0.15, 0.2) is 39.7 Å². The van der Waals surface area contributed by atoms with Gasteiger partial charge in [-0.3, -0.25) is 0 Å². The molecule has 1 atom stereocenters. The van der Waals surface area contributed by atoms with E-state index in [0.29, 0.717) is 11.7 Å². The highest BCUT2D eigenvalue weighted by molar-refractivity contribution is 7.07. The van der Waals surface area contributed by atoms with Gasteiger partial charge in [-0.1, -0.05) is 23.4 Å². The van der Waals surface area contributed by atoms with Crippen molar-refractivity contribution in [3.63, 3.8) is 0 Å². The summed E-state index contributed by atoms with van der Waals surface area (Å²) in [6.45, 7) is 0.790. The first-order valence-electron chi connectivity index (χ1n) is 5.97. The van der Waals surface area contributed by atoms with Crippen LogP contribution in [0.3, 0.4) is 0 Å². The molecule has 0 aliphatic carbocycles. The lowest BCUT2D eigenvalue weighted by Crippen LogP contribution is -2.04. The predicted molar refractivity (Wildman–Crippen MR) is 72.2 cm³/mol. The van der Waals surface area contributed by atoms with Crippen molar-refractivity contribution in [1.82, 2.24) is 15.1 Å². The number of hydrogen-bond acceptors (Lipinski definition) is 6. The molecule has 0 saturated carbocycles. The standard InChI is InChI=1S/C13H10N4OS/c1-2-4-10-8(3-1)9(5-14-10)13-16-12(17-18-13)11-6-19-7-15-11/h1-4,6-7,9,14H,5H2. The molecule has 1 aliphatic rings. The van der Waals surface area contributed by atoms with Crippen LogP contribution < -0.4 is 5.32 Å². The highest BCUT2D eigenvalue weighted by atomic mass is 32.1. The average Bonchev–Trinajstić information content (AvgIpc) is 3.18. The second kappa shape index (κ2) is 4.17. The molecule has 0 spiro atoms. The van der Waals surface area contributed by atoms with E-state index in [2.05, 4.69) is 32.6 Å². The van der Waals surface area contributed by atoms with Crippen LogP contribution in [0.25, 0.3) is 11.5 Å². The van der Waals surface area contributed by atoms with E-state index in [1.807, 2.05) is 17.5 Å². The molecule has 0 fully saturated rings. The Labute approximate surface area is 113 Å². The second-order valence-corrected chi connectivity index (χ2v) is 5.07. The fourth-order valence-electron chi connectivity index (χ4n) is 2.31. The molecule has 3 heterocycles. The monoisotopic (exact) mass is 270 g/mol. The Bertz CT molecular complexity index is 707. The fraction of sp³-hybridized carbons (Fsp3) is 0.154. The Kier molecular flexibility index (Phi) is 2.34. The first-order chi connectivity index (χ1) is 9.42. The summed E-state index contributed by atoms with van der Waals surface area (Å²) in [7, 11) is 0. The number of fused-ring (bicyclic) bond motifs is 1. The molecule has 94 valence electrons. The third-order valence-corrected chi connectivity index (χ3v) is 3.82. The molecule has 0 amide bonds. The minimum Gasteiger partial charge on any atom is -0.384 e. The highest BCUT2D eigenvalue weighted by Crippen LogP contribution is 2.35. The first-order valence-corrected chi connectivity index (χ1v) is 6.91. The van der Waals surface area contributed by atoms with Gasteiger partial charge in [0.15, 0.2) is 0 Å². The van der Waals surface area contributed by atoms with Gasteiger partial charge in [0.25, 0.3) is 0 Å². The van der Waals surface area contributed by atoms with Gasteiger partial charge in [-0.25, -0.2) is 4.98 Å². The number of hydrogen-bond donors (Lipinski definition) is 1. The van der Waals surface area contributed by atoms with Gasteiger partial charge < -0.3 is 9.84 Å². The normalized spacial score (nSPS) is 17.2. The van der Waals surface area contributed by atoms with Crippen LogP contribution in [-0.4, -0.2) is 21.7 Å². The first kappa shape index (κ1) is 10.7. The zero-order valence-electron chi connectivity index (χ0n) is 9.91. The summed E-state index contributed by atoms with van der Waals surface area (Å²) in [5.74, 6) is 1.32. The van der Waals surface area contributed by atoms with Crippen molar-refractivity contribution < 1.29 is 4.52 Å². The van der Waals surface area contributed by atoms with Gasteiger partial charge in [-0.15, -0.1) is 11.3 Å². The lowest BCUT2D eigenvalue weighted by molar-refractivity contribution is 0.370. The SMILES string of the molecule is c1ccc2c(c1)NCC2c1nc(-c2cscn2)no1. The maximum absolute atomic E-state index is 5.39. The smallest absolute Gasteiger partial charge is 0.236 e. The van der Waals surface area contributed by atoms with Crippen molar-refractivity contribution in [2.75, 3.05) is 11.9 Å². The number of thiazole rings is 1. The van der Waals surface area contributed by atoms with E-state index in [1.165, 1.54) is 16.9 Å². The molecular formula is C13H10N4OS. The topological polar surface area (TPSA) is 63.8 Å². The summed E-state index contributed by atoms with van der Waals surface area (Å²) in [5, 5.41) is 9.27. The number of rotatable bonds is 2. The van der Waals surface area contributed by atoms with E-state index in [1.54, 1.807) is 5.51 Å². The second-order valence-electron chi connectivity index (χ2n) is 4.35. The fourth-order valence-corrected chi connectivity index (χ4v) is 2.84. The molecule has 1 aromatic carbocycles. The molecular weight excluding hydrogens is 260 g/mol. The Morgan fingerprint density at radius 2 is 2.26 bits per heavy atom. The Hall–Kier alpha value is -2.21. The highest BCUT2D eigenvalue weighted by Gasteiger charge is 2.28. The van der Waals surface area contributed by atoms with Crippen LogP contribution in [0.1, 0.15) is 17.4 Å². The van der Waals surface area contributed by atoms with Gasteiger partial charge in [-0.2, -0.15) is 4.98 Å². The molecule has 0 radical (unpaired) electrons. The van der Waals surface area contributed by atoms with Crippen molar-refractivity contribution in [3.8, 4) is 11.5 Å². The minimum absolute atomic E-state index is 0.121. The van der Waals surface area contributed by atoms with Crippen LogP contribution in [0, 0.1) is 0 Å². The summed E-state index contributed by atoms with van der Waals surface area (Å²) in [5.41, 5.74) is 4.87. The maximum atomic E-state index is 5.39. The van der Waals surface area contributed by atoms with Gasteiger partial charge in [0.1, 0.15) is 5.69 Å². The molecule has 1 unspecified atom stereocenters. The summed E-state index contributed by atoms with van der Waals surface area (Å²) >= 11 is 1.52. The maximum Gasteiger partial charge on any atom is 0.236 e. The molecule has 1 N–H and O–H groups in total. The van der Waals surface area contributed by atoms with E-state index in [4.69, 9.17) is 4.52 Å². The molecule has 0 saturated heterocycles. The molecule has 6 heteroatoms. The third kappa shape index (κ3) is 1.72. The molecule has 5 nitrogen and oxygen atoms in total. The molecule has 2 aromatic heterocycles. The lowest BCUT2D eigenvalue weighted by Gasteiger charge is -2.02. The van der Waals surface area contributed by atoms with E-state index in [9.17, 15) is 0 Å². The van der Waals surface area contributed by atoms with Gasteiger partial charge in [0.05, 0.1) is 11.4 Å².